The molecule has 1 aromatic carbocycles. The monoisotopic (exact) mass is 238 g/mol. The lowest BCUT2D eigenvalue weighted by Crippen LogP contribution is -2.03. The zero-order valence-electron chi connectivity index (χ0n) is 8.99. The van der Waals surface area contributed by atoms with Gasteiger partial charge in [0, 0.05) is 12.1 Å². The van der Waals surface area contributed by atoms with Crippen LogP contribution < -0.4 is 0 Å². The van der Waals surface area contributed by atoms with Crippen molar-refractivity contribution in [3.63, 3.8) is 0 Å². The third kappa shape index (κ3) is 1.76. The van der Waals surface area contributed by atoms with Crippen LogP contribution in [0.3, 0.4) is 0 Å². The first-order valence-electron chi connectivity index (χ1n) is 4.82. The Kier molecular flexibility index (Phi) is 2.59. The van der Waals surface area contributed by atoms with E-state index >= 15 is 0 Å². The second-order valence-electron chi connectivity index (χ2n) is 3.72. The quantitative estimate of drug-likeness (QED) is 0.872. The highest BCUT2D eigenvalue weighted by molar-refractivity contribution is 6.31. The number of aromatic nitrogens is 2. The molecule has 0 amide bonds. The Balaban J connectivity index is 2.74. The van der Waals surface area contributed by atoms with Gasteiger partial charge >= 0.3 is 5.97 Å². The summed E-state index contributed by atoms with van der Waals surface area (Å²) in [6, 6.07) is 3.42. The molecule has 16 heavy (non-hydrogen) atoms. The average molecular weight is 239 g/mol. The van der Waals surface area contributed by atoms with E-state index in [4.69, 9.17) is 16.7 Å². The Bertz CT molecular complexity index is 575. The van der Waals surface area contributed by atoms with E-state index in [2.05, 4.69) is 4.98 Å². The molecule has 0 saturated carbocycles. The molecule has 0 unspecified atom stereocenters. The molecule has 0 bridgehead atoms. The van der Waals surface area contributed by atoms with Crippen molar-refractivity contribution < 1.29 is 9.90 Å². The molecule has 0 aliphatic rings. The van der Waals surface area contributed by atoms with E-state index in [1.54, 1.807) is 12.1 Å². The number of fused-ring (bicyclic) bond motifs is 1. The fraction of sp³-hybridized carbons (Fsp3) is 0.273. The first kappa shape index (κ1) is 11.0. The number of aryl methyl sites for hydroxylation is 2. The van der Waals surface area contributed by atoms with Crippen molar-refractivity contribution in [1.29, 1.82) is 0 Å². The summed E-state index contributed by atoms with van der Waals surface area (Å²) in [5, 5.41) is 9.36. The van der Waals surface area contributed by atoms with Crippen molar-refractivity contribution in [2.75, 3.05) is 0 Å². The minimum atomic E-state index is -0.873. The molecule has 2 rings (SSSR count). The van der Waals surface area contributed by atoms with Gasteiger partial charge in [-0.1, -0.05) is 11.6 Å². The molecule has 2 aromatic rings. The van der Waals surface area contributed by atoms with E-state index in [9.17, 15) is 4.79 Å². The first-order valence-corrected chi connectivity index (χ1v) is 5.20. The second kappa shape index (κ2) is 3.79. The van der Waals surface area contributed by atoms with E-state index in [0.29, 0.717) is 10.6 Å². The zero-order valence-corrected chi connectivity index (χ0v) is 9.75. The van der Waals surface area contributed by atoms with Gasteiger partial charge in [0.2, 0.25) is 0 Å². The summed E-state index contributed by atoms with van der Waals surface area (Å²) >= 11 is 5.93. The molecular formula is C11H11ClN2O2. The molecule has 0 spiro atoms. The van der Waals surface area contributed by atoms with Gasteiger partial charge < -0.3 is 9.67 Å². The summed E-state index contributed by atoms with van der Waals surface area (Å²) in [5.41, 5.74) is 2.27. The predicted octanol–water partition coefficient (Wildman–Crippen LogP) is 2.16. The lowest BCUT2D eigenvalue weighted by Gasteiger charge is -2.04. The van der Waals surface area contributed by atoms with Gasteiger partial charge in [0.1, 0.15) is 5.82 Å². The van der Waals surface area contributed by atoms with Crippen molar-refractivity contribution in [2.24, 2.45) is 7.05 Å². The van der Waals surface area contributed by atoms with E-state index < -0.39 is 5.97 Å². The van der Waals surface area contributed by atoms with Gasteiger partial charge in [-0.2, -0.15) is 0 Å². The minimum Gasteiger partial charge on any atom is -0.481 e. The van der Waals surface area contributed by atoms with Crippen molar-refractivity contribution >= 4 is 28.6 Å². The maximum absolute atomic E-state index is 10.8. The topological polar surface area (TPSA) is 55.1 Å². The van der Waals surface area contributed by atoms with Crippen LogP contribution in [-0.2, 0) is 18.3 Å². The number of benzene rings is 1. The van der Waals surface area contributed by atoms with Gasteiger partial charge in [-0.25, -0.2) is 4.98 Å². The minimum absolute atomic E-state index is 0.0456. The fourth-order valence-corrected chi connectivity index (χ4v) is 2.06. The zero-order chi connectivity index (χ0) is 11.9. The molecule has 0 aliphatic heterocycles. The van der Waals surface area contributed by atoms with Crippen LogP contribution in [-0.4, -0.2) is 20.6 Å². The number of carboxylic acid groups (broad SMARTS) is 1. The lowest BCUT2D eigenvalue weighted by atomic mass is 10.1. The van der Waals surface area contributed by atoms with E-state index in [1.807, 2.05) is 18.5 Å². The van der Waals surface area contributed by atoms with Gasteiger partial charge in [-0.05, 0) is 24.6 Å². The fourth-order valence-electron chi connectivity index (χ4n) is 1.82. The van der Waals surface area contributed by atoms with Crippen LogP contribution in [0.25, 0.3) is 11.0 Å². The Morgan fingerprint density at radius 3 is 2.88 bits per heavy atom. The van der Waals surface area contributed by atoms with Gasteiger partial charge in [-0.3, -0.25) is 4.79 Å². The molecule has 0 radical (unpaired) electrons. The first-order chi connectivity index (χ1) is 7.49. The molecule has 5 heteroatoms. The average Bonchev–Trinajstić information content (AvgIpc) is 2.40. The largest absolute Gasteiger partial charge is 0.481 e. The SMILES string of the molecule is Cc1nc2cc(Cl)cc(CC(=O)O)c2n1C. The van der Waals surface area contributed by atoms with Crippen LogP contribution in [0.2, 0.25) is 5.02 Å². The molecule has 84 valence electrons. The predicted molar refractivity (Wildman–Crippen MR) is 61.8 cm³/mol. The van der Waals surface area contributed by atoms with E-state index in [-0.39, 0.29) is 6.42 Å². The van der Waals surface area contributed by atoms with Crippen LogP contribution in [0.4, 0.5) is 0 Å². The number of nitrogens with zero attached hydrogens (tertiary/aromatic N) is 2. The summed E-state index contributed by atoms with van der Waals surface area (Å²) < 4.78 is 1.88. The van der Waals surface area contributed by atoms with Gasteiger partial charge in [0.25, 0.3) is 0 Å². The van der Waals surface area contributed by atoms with Crippen LogP contribution in [0, 0.1) is 6.92 Å². The highest BCUT2D eigenvalue weighted by atomic mass is 35.5. The Hall–Kier alpha value is -1.55. The van der Waals surface area contributed by atoms with E-state index in [0.717, 1.165) is 16.9 Å². The normalized spacial score (nSPS) is 10.9. The molecular weight excluding hydrogens is 228 g/mol. The summed E-state index contributed by atoms with van der Waals surface area (Å²) in [6.07, 6.45) is -0.0456. The Labute approximate surface area is 97.5 Å². The van der Waals surface area contributed by atoms with Crippen molar-refractivity contribution in [2.45, 2.75) is 13.3 Å². The standard InChI is InChI=1S/C11H11ClN2O2/c1-6-13-9-5-8(12)3-7(4-10(15)16)11(9)14(6)2/h3,5H,4H2,1-2H3,(H,15,16). The lowest BCUT2D eigenvalue weighted by molar-refractivity contribution is -0.136. The summed E-state index contributed by atoms with van der Waals surface area (Å²) in [5.74, 6) is -0.0358. The molecule has 1 aromatic heterocycles. The van der Waals surface area contributed by atoms with Gasteiger partial charge in [0.05, 0.1) is 17.5 Å². The number of halogens is 1. The number of hydrogen-bond acceptors (Lipinski definition) is 2. The van der Waals surface area contributed by atoms with Crippen molar-refractivity contribution in [1.82, 2.24) is 9.55 Å². The number of rotatable bonds is 2. The Morgan fingerprint density at radius 1 is 1.56 bits per heavy atom. The highest BCUT2D eigenvalue weighted by Gasteiger charge is 2.12. The van der Waals surface area contributed by atoms with Crippen LogP contribution in [0.1, 0.15) is 11.4 Å². The molecule has 0 fully saturated rings. The number of imidazole rings is 1. The van der Waals surface area contributed by atoms with Crippen LogP contribution in [0.5, 0.6) is 0 Å². The molecule has 4 nitrogen and oxygen atoms in total. The van der Waals surface area contributed by atoms with Crippen LogP contribution in [0.15, 0.2) is 12.1 Å². The smallest absolute Gasteiger partial charge is 0.307 e. The summed E-state index contributed by atoms with van der Waals surface area (Å²) in [4.78, 5) is 15.1. The molecule has 0 saturated heterocycles. The highest BCUT2D eigenvalue weighted by Crippen LogP contribution is 2.24. The second-order valence-corrected chi connectivity index (χ2v) is 4.16. The number of hydrogen-bond donors (Lipinski definition) is 1. The van der Waals surface area contributed by atoms with Crippen LogP contribution >= 0.6 is 11.6 Å². The van der Waals surface area contributed by atoms with E-state index in [1.165, 1.54) is 0 Å². The summed E-state index contributed by atoms with van der Waals surface area (Å²) in [7, 11) is 1.87. The van der Waals surface area contributed by atoms with Gasteiger partial charge in [0.15, 0.2) is 0 Å². The van der Waals surface area contributed by atoms with Gasteiger partial charge in [-0.15, -0.1) is 0 Å². The Morgan fingerprint density at radius 2 is 2.25 bits per heavy atom. The number of aliphatic carboxylic acids is 1. The molecule has 0 aliphatic carbocycles. The van der Waals surface area contributed by atoms with Crippen molar-refractivity contribution in [3.8, 4) is 0 Å². The third-order valence-corrected chi connectivity index (χ3v) is 2.80. The number of carboxylic acids is 1. The maximum atomic E-state index is 10.8. The van der Waals surface area contributed by atoms with Crippen molar-refractivity contribution in [3.05, 3.63) is 28.5 Å². The molecule has 1 N–H and O–H groups in total. The molecule has 0 atom stereocenters. The third-order valence-electron chi connectivity index (χ3n) is 2.58. The maximum Gasteiger partial charge on any atom is 0.307 e. The molecule has 1 heterocycles. The summed E-state index contributed by atoms with van der Waals surface area (Å²) in [6.45, 7) is 1.87. The number of carbonyl (C=O) groups is 1.